The van der Waals surface area contributed by atoms with Gasteiger partial charge in [0.1, 0.15) is 11.2 Å². The highest BCUT2D eigenvalue weighted by Crippen LogP contribution is 2.71. The van der Waals surface area contributed by atoms with E-state index in [1.807, 2.05) is 0 Å². The predicted molar refractivity (Wildman–Crippen MR) is 226 cm³/mol. The predicted octanol–water partition coefficient (Wildman–Crippen LogP) is 14.3. The van der Waals surface area contributed by atoms with Crippen LogP contribution in [0.5, 0.6) is 0 Å². The molecule has 0 N–H and O–H groups in total. The fraction of sp³-hybridized carbons (Fsp3) is 0.321. The van der Waals surface area contributed by atoms with Crippen LogP contribution in [-0.4, -0.2) is 0 Å². The molecule has 1 aromatic heterocycles. The number of anilines is 3. The second kappa shape index (κ2) is 11.0. The summed E-state index contributed by atoms with van der Waals surface area (Å²) in [6.45, 7) is 2.64. The third kappa shape index (κ3) is 3.91. The van der Waals surface area contributed by atoms with E-state index in [0.717, 1.165) is 28.9 Å². The van der Waals surface area contributed by atoms with Crippen molar-refractivity contribution < 1.29 is 4.42 Å². The third-order valence-corrected chi connectivity index (χ3v) is 16.3. The first-order valence-electron chi connectivity index (χ1n) is 21.3. The van der Waals surface area contributed by atoms with Crippen LogP contribution in [0.3, 0.4) is 0 Å². The zero-order chi connectivity index (χ0) is 36.0. The van der Waals surface area contributed by atoms with Gasteiger partial charge in [-0.05, 0) is 155 Å². The summed E-state index contributed by atoms with van der Waals surface area (Å²) in [4.78, 5) is 2.66. The summed E-state index contributed by atoms with van der Waals surface area (Å²) in [5.74, 6) is 3.75. The highest BCUT2D eigenvalue weighted by atomic mass is 16.3. The molecule has 14 rings (SSSR count). The number of furan rings is 1. The van der Waals surface area contributed by atoms with Gasteiger partial charge in [0, 0.05) is 39.0 Å². The summed E-state index contributed by atoms with van der Waals surface area (Å²) < 4.78 is 6.64. The normalized spacial score (nSPS) is 27.5. The van der Waals surface area contributed by atoms with Crippen molar-refractivity contribution >= 4 is 39.0 Å². The molecule has 2 spiro atoms. The van der Waals surface area contributed by atoms with E-state index in [1.165, 1.54) is 113 Å². The highest BCUT2D eigenvalue weighted by Gasteiger charge is 2.62. The Hall–Kier alpha value is -5.08. The average Bonchev–Trinajstić information content (AvgIpc) is 3.96. The van der Waals surface area contributed by atoms with Crippen molar-refractivity contribution in [1.29, 1.82) is 0 Å². The number of hydrogen-bond donors (Lipinski definition) is 0. The molecule has 5 unspecified atom stereocenters. The maximum absolute atomic E-state index is 6.64. The molecule has 0 aliphatic heterocycles. The van der Waals surface area contributed by atoms with Gasteiger partial charge in [0.05, 0.1) is 5.69 Å². The lowest BCUT2D eigenvalue weighted by Gasteiger charge is -2.56. The minimum absolute atomic E-state index is 0.00889. The van der Waals surface area contributed by atoms with Crippen molar-refractivity contribution in [1.82, 2.24) is 0 Å². The van der Waals surface area contributed by atoms with E-state index >= 15 is 0 Å². The largest absolute Gasteiger partial charge is 0.456 e. The van der Waals surface area contributed by atoms with Gasteiger partial charge < -0.3 is 9.32 Å². The van der Waals surface area contributed by atoms with Crippen LogP contribution in [-0.2, 0) is 10.8 Å². The smallest absolute Gasteiger partial charge is 0.137 e. The van der Waals surface area contributed by atoms with Gasteiger partial charge in [-0.2, -0.15) is 0 Å². The molecular formula is C53H47NO. The molecule has 270 valence electrons. The minimum Gasteiger partial charge on any atom is -0.456 e. The van der Waals surface area contributed by atoms with E-state index in [-0.39, 0.29) is 10.8 Å². The first-order chi connectivity index (χ1) is 27.1. The molecule has 2 nitrogen and oxygen atoms in total. The molecule has 0 amide bonds. The molecule has 0 saturated heterocycles. The molecule has 5 fully saturated rings. The molecule has 6 atom stereocenters. The van der Waals surface area contributed by atoms with E-state index in [0.29, 0.717) is 11.8 Å². The van der Waals surface area contributed by atoms with E-state index < -0.39 is 0 Å². The van der Waals surface area contributed by atoms with Gasteiger partial charge >= 0.3 is 0 Å². The number of benzene rings is 6. The number of para-hydroxylation sites is 1. The third-order valence-electron chi connectivity index (χ3n) is 16.3. The van der Waals surface area contributed by atoms with Crippen LogP contribution in [0.4, 0.5) is 17.1 Å². The van der Waals surface area contributed by atoms with Crippen molar-refractivity contribution in [3.05, 3.63) is 150 Å². The Morgan fingerprint density at radius 2 is 1.29 bits per heavy atom. The van der Waals surface area contributed by atoms with E-state index in [9.17, 15) is 0 Å². The Balaban J connectivity index is 1.10. The van der Waals surface area contributed by atoms with Gasteiger partial charge in [-0.3, -0.25) is 0 Å². The lowest BCUT2D eigenvalue weighted by Crippen LogP contribution is -2.51. The molecule has 6 aromatic carbocycles. The van der Waals surface area contributed by atoms with Gasteiger partial charge in [-0.15, -0.1) is 0 Å². The fourth-order valence-electron chi connectivity index (χ4n) is 14.3. The van der Waals surface area contributed by atoms with Crippen molar-refractivity contribution in [3.63, 3.8) is 0 Å². The zero-order valence-corrected chi connectivity index (χ0v) is 31.7. The summed E-state index contributed by atoms with van der Waals surface area (Å²) in [5.41, 5.74) is 17.9. The summed E-state index contributed by atoms with van der Waals surface area (Å²) >= 11 is 0. The Morgan fingerprint density at radius 1 is 0.582 bits per heavy atom. The van der Waals surface area contributed by atoms with Crippen LogP contribution in [0.15, 0.2) is 132 Å². The second-order valence-electron chi connectivity index (χ2n) is 18.4. The lowest BCUT2D eigenvalue weighted by molar-refractivity contribution is 0.0176. The number of nitrogens with zero attached hydrogens (tertiary/aromatic N) is 1. The van der Waals surface area contributed by atoms with E-state index in [4.69, 9.17) is 4.42 Å². The first-order valence-corrected chi connectivity index (χ1v) is 21.3. The molecular weight excluding hydrogens is 667 g/mol. The summed E-state index contributed by atoms with van der Waals surface area (Å²) in [5, 5.41) is 2.37. The van der Waals surface area contributed by atoms with Gasteiger partial charge in [-0.1, -0.05) is 105 Å². The lowest BCUT2D eigenvalue weighted by atomic mass is 9.48. The Kier molecular flexibility index (Phi) is 6.25. The molecule has 7 aliphatic rings. The maximum atomic E-state index is 6.64. The molecule has 7 aliphatic carbocycles. The highest BCUT2D eigenvalue weighted by molar-refractivity contribution is 6.06. The van der Waals surface area contributed by atoms with E-state index in [2.05, 4.69) is 139 Å². The number of hydrogen-bond acceptors (Lipinski definition) is 2. The van der Waals surface area contributed by atoms with Crippen molar-refractivity contribution in [3.8, 4) is 22.3 Å². The quantitative estimate of drug-likeness (QED) is 0.181. The van der Waals surface area contributed by atoms with Crippen LogP contribution in [0.25, 0.3) is 44.2 Å². The number of rotatable bonds is 3. The maximum Gasteiger partial charge on any atom is 0.137 e. The molecule has 0 radical (unpaired) electrons. The van der Waals surface area contributed by atoms with Crippen LogP contribution < -0.4 is 4.90 Å². The monoisotopic (exact) mass is 713 g/mol. The van der Waals surface area contributed by atoms with Crippen molar-refractivity contribution in [2.24, 2.45) is 29.6 Å². The molecule has 4 bridgehead atoms. The minimum atomic E-state index is 0.00889. The Bertz CT molecular complexity index is 2730. The van der Waals surface area contributed by atoms with Gasteiger partial charge in [0.2, 0.25) is 0 Å². The Morgan fingerprint density at radius 3 is 2.18 bits per heavy atom. The van der Waals surface area contributed by atoms with Crippen molar-refractivity contribution in [2.75, 3.05) is 4.90 Å². The summed E-state index contributed by atoms with van der Waals surface area (Å²) in [6, 6.07) is 49.2. The van der Waals surface area contributed by atoms with Crippen LogP contribution in [0.1, 0.15) is 87.0 Å². The molecule has 5 saturated carbocycles. The van der Waals surface area contributed by atoms with Crippen LogP contribution in [0, 0.1) is 29.6 Å². The zero-order valence-electron chi connectivity index (χ0n) is 31.7. The molecule has 2 heteroatoms. The van der Waals surface area contributed by atoms with E-state index in [1.54, 1.807) is 16.7 Å². The number of fused-ring (bicyclic) bond motifs is 12. The SMILES string of the molecule is C[C@H]1C2CCC3CC(C2)CC1C31c2ccccc2-c2cccc(N(c3ccc4c(c3)C3(CCCC3)c3ccccc3-4)c3ccc4c(c3)oc3ccccc34)c21. The second-order valence-corrected chi connectivity index (χ2v) is 18.4. The average molecular weight is 714 g/mol. The van der Waals surface area contributed by atoms with Gasteiger partial charge in [0.15, 0.2) is 0 Å². The fourth-order valence-corrected chi connectivity index (χ4v) is 14.3. The topological polar surface area (TPSA) is 16.4 Å². The summed E-state index contributed by atoms with van der Waals surface area (Å²) in [6.07, 6.45) is 12.0. The standard InChI is InChI=1S/C53H47NO/c1-32-34-19-20-35-28-33(27-34)29-46(32)53(35)45-16-6-3-12-39(45)43-14-10-17-48(51(43)53)54(37-22-24-42-41-13-4-7-18-49(41)55-50(42)31-37)36-21-23-40-38-11-2-5-15-44(38)52(47(40)30-36)25-8-9-26-52/h2-7,10-18,21-24,30-35,46H,8-9,19-20,25-29H2,1H3/t32-,33?,34?,35?,46?,53?/m0/s1. The van der Waals surface area contributed by atoms with Gasteiger partial charge in [-0.25, -0.2) is 0 Å². The Labute approximate surface area is 324 Å². The van der Waals surface area contributed by atoms with Gasteiger partial charge in [0.25, 0.3) is 0 Å². The van der Waals surface area contributed by atoms with Crippen LogP contribution >= 0.6 is 0 Å². The molecule has 55 heavy (non-hydrogen) atoms. The summed E-state index contributed by atoms with van der Waals surface area (Å²) in [7, 11) is 0. The van der Waals surface area contributed by atoms with Crippen molar-refractivity contribution in [2.45, 2.75) is 75.5 Å². The molecule has 1 heterocycles. The first kappa shape index (κ1) is 31.2. The molecule has 7 aromatic rings. The van der Waals surface area contributed by atoms with Crippen LogP contribution in [0.2, 0.25) is 0 Å².